The molecular formula is C14H22N2O2. The third-order valence-electron chi connectivity index (χ3n) is 2.86. The van der Waals surface area contributed by atoms with E-state index in [2.05, 4.69) is 5.32 Å². The van der Waals surface area contributed by atoms with Gasteiger partial charge in [-0.25, -0.2) is 0 Å². The highest BCUT2D eigenvalue weighted by Gasteiger charge is 2.13. The number of nitrogens with one attached hydrogen (secondary N) is 1. The van der Waals surface area contributed by atoms with Crippen molar-refractivity contribution in [1.82, 2.24) is 10.2 Å². The van der Waals surface area contributed by atoms with Gasteiger partial charge in [-0.15, -0.1) is 0 Å². The van der Waals surface area contributed by atoms with Crippen molar-refractivity contribution < 1.29 is 9.53 Å². The van der Waals surface area contributed by atoms with E-state index in [1.54, 1.807) is 11.9 Å². The second kappa shape index (κ2) is 7.01. The van der Waals surface area contributed by atoms with Crippen LogP contribution in [0.5, 0.6) is 5.75 Å². The molecule has 4 nitrogen and oxygen atoms in total. The molecule has 0 fully saturated rings. The third kappa shape index (κ3) is 4.04. The highest BCUT2D eigenvalue weighted by molar-refractivity contribution is 5.77. The average Bonchev–Trinajstić information content (AvgIpc) is 2.36. The molecule has 1 aromatic rings. The van der Waals surface area contributed by atoms with E-state index in [-0.39, 0.29) is 18.6 Å². The van der Waals surface area contributed by atoms with Gasteiger partial charge >= 0.3 is 0 Å². The lowest BCUT2D eigenvalue weighted by Gasteiger charge is -2.21. The SMILES string of the molecule is CNCc1ccccc1OCC(=O)N(C)C(C)C. The number of ether oxygens (including phenoxy) is 1. The van der Waals surface area contributed by atoms with Gasteiger partial charge in [-0.1, -0.05) is 18.2 Å². The molecule has 18 heavy (non-hydrogen) atoms. The molecule has 0 aliphatic carbocycles. The summed E-state index contributed by atoms with van der Waals surface area (Å²) < 4.78 is 5.59. The van der Waals surface area contributed by atoms with Crippen LogP contribution in [0.15, 0.2) is 24.3 Å². The lowest BCUT2D eigenvalue weighted by atomic mass is 10.2. The molecular weight excluding hydrogens is 228 g/mol. The molecule has 0 radical (unpaired) electrons. The summed E-state index contributed by atoms with van der Waals surface area (Å²) in [7, 11) is 3.67. The summed E-state index contributed by atoms with van der Waals surface area (Å²) >= 11 is 0. The number of rotatable bonds is 6. The van der Waals surface area contributed by atoms with Gasteiger partial charge in [0.05, 0.1) is 0 Å². The molecule has 0 bridgehead atoms. The summed E-state index contributed by atoms with van der Waals surface area (Å²) in [5.41, 5.74) is 1.06. The Hall–Kier alpha value is -1.55. The van der Waals surface area contributed by atoms with E-state index in [1.165, 1.54) is 0 Å². The number of nitrogens with zero attached hydrogens (tertiary/aromatic N) is 1. The van der Waals surface area contributed by atoms with Gasteiger partial charge in [0.25, 0.3) is 5.91 Å². The van der Waals surface area contributed by atoms with Crippen LogP contribution < -0.4 is 10.1 Å². The predicted octanol–water partition coefficient (Wildman–Crippen LogP) is 1.65. The first-order valence-electron chi connectivity index (χ1n) is 6.17. The van der Waals surface area contributed by atoms with Gasteiger partial charge in [0.2, 0.25) is 0 Å². The van der Waals surface area contributed by atoms with E-state index in [0.717, 1.165) is 17.9 Å². The minimum Gasteiger partial charge on any atom is -0.483 e. The molecule has 4 heteroatoms. The summed E-state index contributed by atoms with van der Waals surface area (Å²) in [4.78, 5) is 13.5. The van der Waals surface area contributed by atoms with Gasteiger partial charge in [0.1, 0.15) is 5.75 Å². The van der Waals surface area contributed by atoms with Crippen LogP contribution in [0.1, 0.15) is 19.4 Å². The van der Waals surface area contributed by atoms with Gasteiger partial charge in [0.15, 0.2) is 6.61 Å². The molecule has 1 amide bonds. The average molecular weight is 250 g/mol. The maximum absolute atomic E-state index is 11.8. The summed E-state index contributed by atoms with van der Waals surface area (Å²) in [5.74, 6) is 0.751. The van der Waals surface area contributed by atoms with Crippen LogP contribution in [-0.2, 0) is 11.3 Å². The van der Waals surface area contributed by atoms with Crippen LogP contribution >= 0.6 is 0 Å². The molecule has 0 atom stereocenters. The number of hydrogen-bond acceptors (Lipinski definition) is 3. The highest BCUT2D eigenvalue weighted by Crippen LogP contribution is 2.17. The van der Waals surface area contributed by atoms with Crippen molar-refractivity contribution in [3.05, 3.63) is 29.8 Å². The fourth-order valence-corrected chi connectivity index (χ4v) is 1.51. The first-order chi connectivity index (χ1) is 8.56. The molecule has 0 aromatic heterocycles. The number of para-hydroxylation sites is 1. The Bertz CT molecular complexity index is 391. The Kier molecular flexibility index (Phi) is 5.65. The third-order valence-corrected chi connectivity index (χ3v) is 2.86. The lowest BCUT2D eigenvalue weighted by molar-refractivity contribution is -0.133. The summed E-state index contributed by atoms with van der Waals surface area (Å²) in [6.45, 7) is 4.76. The van der Waals surface area contributed by atoms with Crippen LogP contribution in [0, 0.1) is 0 Å². The molecule has 100 valence electrons. The number of carbonyl (C=O) groups is 1. The number of carbonyl (C=O) groups excluding carboxylic acids is 1. The lowest BCUT2D eigenvalue weighted by Crippen LogP contribution is -2.36. The van der Waals surface area contributed by atoms with E-state index in [1.807, 2.05) is 45.2 Å². The molecule has 0 heterocycles. The molecule has 0 saturated heterocycles. The minimum absolute atomic E-state index is 0.00994. The molecule has 0 saturated carbocycles. The first kappa shape index (κ1) is 14.5. The molecule has 1 N–H and O–H groups in total. The van der Waals surface area contributed by atoms with Crippen molar-refractivity contribution in [2.45, 2.75) is 26.4 Å². The van der Waals surface area contributed by atoms with Crippen LogP contribution in [-0.4, -0.2) is 37.6 Å². The molecule has 0 unspecified atom stereocenters. The Labute approximate surface area is 109 Å². The molecule has 0 aliphatic rings. The fourth-order valence-electron chi connectivity index (χ4n) is 1.51. The Balaban J connectivity index is 2.60. The second-order valence-electron chi connectivity index (χ2n) is 4.53. The summed E-state index contributed by atoms with van der Waals surface area (Å²) in [5, 5.41) is 3.08. The number of likely N-dealkylation sites (N-methyl/N-ethyl adjacent to an activating group) is 1. The van der Waals surface area contributed by atoms with Crippen molar-refractivity contribution in [1.29, 1.82) is 0 Å². The van der Waals surface area contributed by atoms with Gasteiger partial charge < -0.3 is 15.0 Å². The number of amides is 1. The van der Waals surface area contributed by atoms with Crippen molar-refractivity contribution in [2.75, 3.05) is 20.7 Å². The zero-order valence-electron chi connectivity index (χ0n) is 11.6. The van der Waals surface area contributed by atoms with Crippen molar-refractivity contribution in [2.24, 2.45) is 0 Å². The van der Waals surface area contributed by atoms with Crippen LogP contribution in [0.3, 0.4) is 0 Å². The smallest absolute Gasteiger partial charge is 0.260 e. The van der Waals surface area contributed by atoms with Gasteiger partial charge in [-0.3, -0.25) is 4.79 Å². The zero-order chi connectivity index (χ0) is 13.5. The van der Waals surface area contributed by atoms with Crippen molar-refractivity contribution in [3.63, 3.8) is 0 Å². The zero-order valence-corrected chi connectivity index (χ0v) is 11.6. The van der Waals surface area contributed by atoms with Gasteiger partial charge in [0, 0.05) is 25.2 Å². The largest absolute Gasteiger partial charge is 0.483 e. The first-order valence-corrected chi connectivity index (χ1v) is 6.17. The number of hydrogen-bond donors (Lipinski definition) is 1. The highest BCUT2D eigenvalue weighted by atomic mass is 16.5. The van der Waals surface area contributed by atoms with E-state index in [9.17, 15) is 4.79 Å². The molecule has 1 aromatic carbocycles. The Morgan fingerprint density at radius 3 is 2.67 bits per heavy atom. The maximum atomic E-state index is 11.8. The molecule has 0 spiro atoms. The quantitative estimate of drug-likeness (QED) is 0.834. The van der Waals surface area contributed by atoms with Crippen molar-refractivity contribution >= 4 is 5.91 Å². The predicted molar refractivity (Wildman–Crippen MR) is 72.6 cm³/mol. The Morgan fingerprint density at radius 2 is 2.06 bits per heavy atom. The maximum Gasteiger partial charge on any atom is 0.260 e. The van der Waals surface area contributed by atoms with Crippen LogP contribution in [0.4, 0.5) is 0 Å². The van der Waals surface area contributed by atoms with Gasteiger partial charge in [-0.2, -0.15) is 0 Å². The summed E-state index contributed by atoms with van der Waals surface area (Å²) in [6, 6.07) is 7.93. The van der Waals surface area contributed by atoms with E-state index < -0.39 is 0 Å². The standard InChI is InChI=1S/C14H22N2O2/c1-11(2)16(4)14(17)10-18-13-8-6-5-7-12(13)9-15-3/h5-8,11,15H,9-10H2,1-4H3. The normalized spacial score (nSPS) is 10.5. The van der Waals surface area contributed by atoms with Crippen LogP contribution in [0.2, 0.25) is 0 Å². The molecule has 1 rings (SSSR count). The monoisotopic (exact) mass is 250 g/mol. The van der Waals surface area contributed by atoms with E-state index in [0.29, 0.717) is 0 Å². The van der Waals surface area contributed by atoms with E-state index in [4.69, 9.17) is 4.74 Å². The van der Waals surface area contributed by atoms with Gasteiger partial charge in [-0.05, 0) is 27.0 Å². The topological polar surface area (TPSA) is 41.6 Å². The number of benzene rings is 1. The van der Waals surface area contributed by atoms with Crippen molar-refractivity contribution in [3.8, 4) is 5.75 Å². The summed E-state index contributed by atoms with van der Waals surface area (Å²) in [6.07, 6.45) is 0. The molecule has 0 aliphatic heterocycles. The minimum atomic E-state index is -0.00994. The van der Waals surface area contributed by atoms with Crippen LogP contribution in [0.25, 0.3) is 0 Å². The van der Waals surface area contributed by atoms with E-state index >= 15 is 0 Å². The fraction of sp³-hybridized carbons (Fsp3) is 0.500. The second-order valence-corrected chi connectivity index (χ2v) is 4.53. The Morgan fingerprint density at radius 1 is 1.39 bits per heavy atom.